The van der Waals surface area contributed by atoms with E-state index in [9.17, 15) is 19.7 Å². The van der Waals surface area contributed by atoms with Crippen molar-refractivity contribution in [2.75, 3.05) is 5.32 Å². The van der Waals surface area contributed by atoms with Gasteiger partial charge in [-0.3, -0.25) is 14.9 Å². The summed E-state index contributed by atoms with van der Waals surface area (Å²) in [6.45, 7) is 5.42. The third-order valence-corrected chi connectivity index (χ3v) is 4.60. The number of rotatable bonds is 5. The number of nitrogens with zero attached hydrogens (tertiary/aromatic N) is 1. The van der Waals surface area contributed by atoms with Gasteiger partial charge in [-0.25, -0.2) is 4.79 Å². The van der Waals surface area contributed by atoms with Crippen LogP contribution in [0.25, 0.3) is 0 Å². The number of hydrogen-bond donors (Lipinski definition) is 1. The second-order valence-electron chi connectivity index (χ2n) is 6.94. The summed E-state index contributed by atoms with van der Waals surface area (Å²) >= 11 is 0. The highest BCUT2D eigenvalue weighted by Crippen LogP contribution is 2.21. The highest BCUT2D eigenvalue weighted by molar-refractivity contribution is 6.04. The number of carbonyl (C=O) groups is 2. The van der Waals surface area contributed by atoms with E-state index in [1.807, 2.05) is 32.0 Å². The van der Waals surface area contributed by atoms with Crippen LogP contribution in [-0.2, 0) is 0 Å². The van der Waals surface area contributed by atoms with E-state index in [-0.39, 0.29) is 22.9 Å². The average molecular weight is 404 g/mol. The Bertz CT molecular complexity index is 1140. The van der Waals surface area contributed by atoms with E-state index in [1.165, 1.54) is 30.3 Å². The zero-order valence-corrected chi connectivity index (χ0v) is 16.8. The van der Waals surface area contributed by atoms with E-state index < -0.39 is 10.9 Å². The number of nitro benzene ring substituents is 1. The number of carbonyl (C=O) groups excluding carboxylic acids is 2. The molecule has 0 spiro atoms. The van der Waals surface area contributed by atoms with Crippen LogP contribution in [0.15, 0.2) is 60.7 Å². The summed E-state index contributed by atoms with van der Waals surface area (Å²) in [7, 11) is 0. The third-order valence-electron chi connectivity index (χ3n) is 4.60. The number of benzene rings is 3. The number of nitrogens with one attached hydrogen (secondary N) is 1. The first-order valence-corrected chi connectivity index (χ1v) is 9.20. The van der Waals surface area contributed by atoms with Gasteiger partial charge in [-0.15, -0.1) is 0 Å². The van der Waals surface area contributed by atoms with Gasteiger partial charge in [0.15, 0.2) is 0 Å². The molecule has 0 aliphatic carbocycles. The number of esters is 1. The summed E-state index contributed by atoms with van der Waals surface area (Å²) in [5, 5.41) is 13.8. The van der Waals surface area contributed by atoms with Gasteiger partial charge in [-0.05, 0) is 74.4 Å². The van der Waals surface area contributed by atoms with Crippen LogP contribution in [0.2, 0.25) is 0 Å². The van der Waals surface area contributed by atoms with Crippen molar-refractivity contribution < 1.29 is 19.2 Å². The predicted octanol–water partition coefficient (Wildman–Crippen LogP) is 4.99. The van der Waals surface area contributed by atoms with Crippen LogP contribution in [0.5, 0.6) is 5.75 Å². The molecule has 3 aromatic rings. The zero-order valence-electron chi connectivity index (χ0n) is 16.8. The second-order valence-corrected chi connectivity index (χ2v) is 6.94. The van der Waals surface area contributed by atoms with Gasteiger partial charge in [-0.1, -0.05) is 12.1 Å². The molecular weight excluding hydrogens is 384 g/mol. The molecule has 30 heavy (non-hydrogen) atoms. The number of nitro groups is 1. The van der Waals surface area contributed by atoms with Crippen LogP contribution >= 0.6 is 0 Å². The molecule has 0 saturated carbocycles. The lowest BCUT2D eigenvalue weighted by molar-refractivity contribution is -0.385. The Balaban J connectivity index is 1.69. The van der Waals surface area contributed by atoms with Gasteiger partial charge >= 0.3 is 5.97 Å². The number of anilines is 1. The van der Waals surface area contributed by atoms with E-state index >= 15 is 0 Å². The Morgan fingerprint density at radius 1 is 0.867 bits per heavy atom. The Hall–Kier alpha value is -4.00. The van der Waals surface area contributed by atoms with Crippen LogP contribution < -0.4 is 10.1 Å². The Morgan fingerprint density at radius 3 is 2.17 bits per heavy atom. The maximum absolute atomic E-state index is 12.5. The molecule has 0 saturated heterocycles. The lowest BCUT2D eigenvalue weighted by Crippen LogP contribution is -2.13. The fourth-order valence-electron chi connectivity index (χ4n) is 2.89. The van der Waals surface area contributed by atoms with Crippen molar-refractivity contribution in [3.8, 4) is 5.75 Å². The second kappa shape index (κ2) is 8.57. The first kappa shape index (κ1) is 20.7. The molecule has 0 aromatic heterocycles. The normalized spacial score (nSPS) is 10.4. The number of ether oxygens (including phenoxy) is 1. The van der Waals surface area contributed by atoms with Crippen LogP contribution in [0, 0.1) is 30.9 Å². The standard InChI is InChI=1S/C23H20N2O5/c1-14-4-5-15(2)20(12-14)24-22(26)17-6-9-19(10-7-17)30-23(27)18-8-11-21(25(28)29)16(3)13-18/h4-13H,1-3H3,(H,24,26). The molecule has 1 amide bonds. The predicted molar refractivity (Wildman–Crippen MR) is 113 cm³/mol. The van der Waals surface area contributed by atoms with Crippen LogP contribution in [0.4, 0.5) is 11.4 Å². The summed E-state index contributed by atoms with van der Waals surface area (Å²) in [4.78, 5) is 35.2. The van der Waals surface area contributed by atoms with Gasteiger partial charge in [0.2, 0.25) is 0 Å². The lowest BCUT2D eigenvalue weighted by Gasteiger charge is -2.10. The maximum Gasteiger partial charge on any atom is 0.343 e. The number of aryl methyl sites for hydroxylation is 3. The molecule has 7 nitrogen and oxygen atoms in total. The van der Waals surface area contributed by atoms with Crippen LogP contribution in [0.1, 0.15) is 37.4 Å². The summed E-state index contributed by atoms with van der Waals surface area (Å²) in [6.07, 6.45) is 0. The molecule has 0 bridgehead atoms. The molecule has 0 heterocycles. The molecule has 3 rings (SSSR count). The van der Waals surface area contributed by atoms with Crippen molar-refractivity contribution in [2.24, 2.45) is 0 Å². The van der Waals surface area contributed by atoms with E-state index in [4.69, 9.17) is 4.74 Å². The zero-order chi connectivity index (χ0) is 21.8. The highest BCUT2D eigenvalue weighted by Gasteiger charge is 2.16. The van der Waals surface area contributed by atoms with Crippen molar-refractivity contribution >= 4 is 23.3 Å². The van der Waals surface area contributed by atoms with Gasteiger partial charge in [0, 0.05) is 22.9 Å². The van der Waals surface area contributed by atoms with Crippen molar-refractivity contribution in [2.45, 2.75) is 20.8 Å². The Labute approximate surface area is 173 Å². The fourth-order valence-corrected chi connectivity index (χ4v) is 2.89. The largest absolute Gasteiger partial charge is 0.423 e. The molecule has 0 atom stereocenters. The minimum absolute atomic E-state index is 0.0641. The molecule has 152 valence electrons. The lowest BCUT2D eigenvalue weighted by atomic mass is 10.1. The van der Waals surface area contributed by atoms with Gasteiger partial charge in [0.05, 0.1) is 10.5 Å². The molecule has 0 aliphatic rings. The monoisotopic (exact) mass is 404 g/mol. The van der Waals surface area contributed by atoms with E-state index in [2.05, 4.69) is 5.32 Å². The molecule has 0 fully saturated rings. The molecule has 3 aromatic carbocycles. The molecule has 0 radical (unpaired) electrons. The summed E-state index contributed by atoms with van der Waals surface area (Å²) in [5.41, 5.74) is 3.66. The van der Waals surface area contributed by atoms with E-state index in [0.717, 1.165) is 16.8 Å². The summed E-state index contributed by atoms with van der Waals surface area (Å²) < 4.78 is 5.30. The van der Waals surface area contributed by atoms with Gasteiger partial charge < -0.3 is 10.1 Å². The molecular formula is C23H20N2O5. The number of hydrogen-bond acceptors (Lipinski definition) is 5. The Kier molecular flexibility index (Phi) is 5.92. The summed E-state index contributed by atoms with van der Waals surface area (Å²) in [5.74, 6) is -0.646. The van der Waals surface area contributed by atoms with E-state index in [0.29, 0.717) is 11.1 Å². The van der Waals surface area contributed by atoms with Gasteiger partial charge in [0.1, 0.15) is 5.75 Å². The van der Waals surface area contributed by atoms with Gasteiger partial charge in [-0.2, -0.15) is 0 Å². The fraction of sp³-hybridized carbons (Fsp3) is 0.130. The quantitative estimate of drug-likeness (QED) is 0.279. The molecule has 0 unspecified atom stereocenters. The SMILES string of the molecule is Cc1ccc(C)c(NC(=O)c2ccc(OC(=O)c3ccc([N+](=O)[O-])c(C)c3)cc2)c1. The Morgan fingerprint density at radius 2 is 1.53 bits per heavy atom. The van der Waals surface area contributed by atoms with Crippen LogP contribution in [0.3, 0.4) is 0 Å². The van der Waals surface area contributed by atoms with Crippen molar-refractivity contribution in [1.29, 1.82) is 0 Å². The average Bonchev–Trinajstić information content (AvgIpc) is 2.70. The van der Waals surface area contributed by atoms with E-state index in [1.54, 1.807) is 19.1 Å². The van der Waals surface area contributed by atoms with Gasteiger partial charge in [0.25, 0.3) is 11.6 Å². The van der Waals surface area contributed by atoms with Crippen molar-refractivity contribution in [3.05, 3.63) is 98.6 Å². The number of amides is 1. The molecule has 0 aliphatic heterocycles. The third kappa shape index (κ3) is 4.70. The molecule has 1 N–H and O–H groups in total. The first-order valence-electron chi connectivity index (χ1n) is 9.20. The minimum Gasteiger partial charge on any atom is -0.423 e. The van der Waals surface area contributed by atoms with Crippen molar-refractivity contribution in [1.82, 2.24) is 0 Å². The smallest absolute Gasteiger partial charge is 0.343 e. The van der Waals surface area contributed by atoms with Crippen molar-refractivity contribution in [3.63, 3.8) is 0 Å². The van der Waals surface area contributed by atoms with Crippen LogP contribution in [-0.4, -0.2) is 16.8 Å². The highest BCUT2D eigenvalue weighted by atomic mass is 16.6. The molecule has 7 heteroatoms. The first-order chi connectivity index (χ1) is 14.2. The minimum atomic E-state index is -0.638. The topological polar surface area (TPSA) is 98.5 Å². The maximum atomic E-state index is 12.5. The summed E-state index contributed by atoms with van der Waals surface area (Å²) in [6, 6.07) is 16.0.